The van der Waals surface area contributed by atoms with Crippen LogP contribution in [0.25, 0.3) is 0 Å². The quantitative estimate of drug-likeness (QED) is 0.884. The maximum absolute atomic E-state index is 12.7. The van der Waals surface area contributed by atoms with Crippen molar-refractivity contribution >= 4 is 0 Å². The van der Waals surface area contributed by atoms with Crippen molar-refractivity contribution in [1.82, 2.24) is 5.32 Å². The van der Waals surface area contributed by atoms with Gasteiger partial charge in [-0.2, -0.15) is 0 Å². The van der Waals surface area contributed by atoms with Crippen LogP contribution in [-0.2, 0) is 0 Å². The van der Waals surface area contributed by atoms with Gasteiger partial charge in [-0.05, 0) is 61.3 Å². The molecule has 1 heterocycles. The Morgan fingerprint density at radius 2 is 1.14 bits per heavy atom. The minimum Gasteiger partial charge on any atom is -0.384 e. The van der Waals surface area contributed by atoms with Gasteiger partial charge in [0, 0.05) is 0 Å². The van der Waals surface area contributed by atoms with E-state index in [2.05, 4.69) is 5.32 Å². The molecule has 2 N–H and O–H groups in total. The summed E-state index contributed by atoms with van der Waals surface area (Å²) in [6.45, 7) is 2.50. The number of benzene rings is 2. The van der Waals surface area contributed by atoms with Gasteiger partial charge in [-0.3, -0.25) is 0 Å². The highest BCUT2D eigenvalue weighted by molar-refractivity contribution is 5.29. The Hall–Kier alpha value is -1.78. The Morgan fingerprint density at radius 3 is 1.41 bits per heavy atom. The lowest BCUT2D eigenvalue weighted by Crippen LogP contribution is -2.21. The van der Waals surface area contributed by atoms with Gasteiger partial charge in [0.15, 0.2) is 0 Å². The van der Waals surface area contributed by atoms with E-state index in [9.17, 15) is 13.9 Å². The second kappa shape index (κ2) is 8.61. The SMILES string of the molecule is C1CCNCC1.OC(c1ccc(F)cc1)c1ccc(F)cc1. The van der Waals surface area contributed by atoms with Gasteiger partial charge < -0.3 is 10.4 Å². The number of rotatable bonds is 2. The molecule has 2 nitrogen and oxygen atoms in total. The van der Waals surface area contributed by atoms with E-state index in [0.717, 1.165) is 0 Å². The third kappa shape index (κ3) is 5.20. The highest BCUT2D eigenvalue weighted by Crippen LogP contribution is 2.22. The van der Waals surface area contributed by atoms with Crippen LogP contribution in [0.4, 0.5) is 8.78 Å². The Labute approximate surface area is 129 Å². The van der Waals surface area contributed by atoms with Crippen LogP contribution in [-0.4, -0.2) is 18.2 Å². The summed E-state index contributed by atoms with van der Waals surface area (Å²) in [5.74, 6) is -0.704. The first-order valence-corrected chi connectivity index (χ1v) is 7.56. The molecule has 118 valence electrons. The smallest absolute Gasteiger partial charge is 0.123 e. The molecule has 0 unspecified atom stereocenters. The zero-order chi connectivity index (χ0) is 15.8. The first-order chi connectivity index (χ1) is 10.7. The normalized spacial score (nSPS) is 14.4. The van der Waals surface area contributed by atoms with Crippen LogP contribution in [0, 0.1) is 11.6 Å². The number of aliphatic hydroxyl groups is 1. The molecule has 0 aromatic heterocycles. The summed E-state index contributed by atoms with van der Waals surface area (Å²) in [6.07, 6.45) is 3.36. The standard InChI is InChI=1S/C13H10F2O.C5H11N/c14-11-5-1-9(2-6-11)13(16)10-3-7-12(15)8-4-10;1-2-4-6-5-3-1/h1-8,13,16H;6H,1-5H2. The van der Waals surface area contributed by atoms with Crippen LogP contribution in [0.1, 0.15) is 36.5 Å². The van der Waals surface area contributed by atoms with Crippen LogP contribution in [0.2, 0.25) is 0 Å². The maximum atomic E-state index is 12.7. The van der Waals surface area contributed by atoms with Crippen molar-refractivity contribution in [2.24, 2.45) is 0 Å². The van der Waals surface area contributed by atoms with Crippen LogP contribution in [0.15, 0.2) is 48.5 Å². The second-order valence-electron chi connectivity index (χ2n) is 5.32. The maximum Gasteiger partial charge on any atom is 0.123 e. The molecule has 22 heavy (non-hydrogen) atoms. The minimum atomic E-state index is -0.860. The number of hydrogen-bond donors (Lipinski definition) is 2. The largest absolute Gasteiger partial charge is 0.384 e. The predicted octanol–water partition coefficient (Wildman–Crippen LogP) is 3.81. The van der Waals surface area contributed by atoms with Crippen molar-refractivity contribution in [3.8, 4) is 0 Å². The van der Waals surface area contributed by atoms with Crippen molar-refractivity contribution in [2.45, 2.75) is 25.4 Å². The van der Waals surface area contributed by atoms with Crippen molar-refractivity contribution in [2.75, 3.05) is 13.1 Å². The van der Waals surface area contributed by atoms with Crippen LogP contribution >= 0.6 is 0 Å². The zero-order valence-corrected chi connectivity index (χ0v) is 12.4. The third-order valence-electron chi connectivity index (χ3n) is 3.58. The molecule has 1 saturated heterocycles. The van der Waals surface area contributed by atoms with Crippen molar-refractivity contribution in [3.63, 3.8) is 0 Å². The summed E-state index contributed by atoms with van der Waals surface area (Å²) in [4.78, 5) is 0. The summed E-state index contributed by atoms with van der Waals surface area (Å²) < 4.78 is 25.3. The number of aliphatic hydroxyl groups excluding tert-OH is 1. The van der Waals surface area contributed by atoms with Gasteiger partial charge in [0.25, 0.3) is 0 Å². The zero-order valence-electron chi connectivity index (χ0n) is 12.4. The highest BCUT2D eigenvalue weighted by Gasteiger charge is 2.10. The van der Waals surface area contributed by atoms with Gasteiger partial charge in [-0.1, -0.05) is 30.7 Å². The predicted molar refractivity (Wildman–Crippen MR) is 83.6 cm³/mol. The molecule has 0 radical (unpaired) electrons. The molecular formula is C18H21F2NO. The molecule has 0 aliphatic carbocycles. The fraction of sp³-hybridized carbons (Fsp3) is 0.333. The molecule has 2 aromatic rings. The van der Waals surface area contributed by atoms with E-state index >= 15 is 0 Å². The molecule has 0 spiro atoms. The minimum absolute atomic E-state index is 0.352. The van der Waals surface area contributed by atoms with E-state index in [1.807, 2.05) is 0 Å². The fourth-order valence-corrected chi connectivity index (χ4v) is 2.28. The van der Waals surface area contributed by atoms with Crippen molar-refractivity contribution in [1.29, 1.82) is 0 Å². The second-order valence-corrected chi connectivity index (χ2v) is 5.32. The number of nitrogens with one attached hydrogen (secondary N) is 1. The Bertz CT molecular complexity index is 493. The molecule has 3 rings (SSSR count). The van der Waals surface area contributed by atoms with Gasteiger partial charge in [-0.15, -0.1) is 0 Å². The lowest BCUT2D eigenvalue weighted by Gasteiger charge is -2.11. The summed E-state index contributed by atoms with van der Waals surface area (Å²) >= 11 is 0. The lowest BCUT2D eigenvalue weighted by atomic mass is 10.0. The molecule has 0 amide bonds. The van der Waals surface area contributed by atoms with Gasteiger partial charge in [0.05, 0.1) is 0 Å². The third-order valence-corrected chi connectivity index (χ3v) is 3.58. The van der Waals surface area contributed by atoms with E-state index in [-0.39, 0.29) is 11.6 Å². The summed E-state index contributed by atoms with van der Waals surface area (Å²) in [5.41, 5.74) is 1.15. The molecular weight excluding hydrogens is 284 g/mol. The molecule has 4 heteroatoms. The first kappa shape index (κ1) is 16.6. The van der Waals surface area contributed by atoms with Crippen molar-refractivity contribution in [3.05, 3.63) is 71.3 Å². The molecule has 2 aromatic carbocycles. The van der Waals surface area contributed by atoms with Crippen LogP contribution < -0.4 is 5.32 Å². The Kier molecular flexibility index (Phi) is 6.49. The van der Waals surface area contributed by atoms with Crippen LogP contribution in [0.5, 0.6) is 0 Å². The van der Waals surface area contributed by atoms with Gasteiger partial charge >= 0.3 is 0 Å². The number of piperidine rings is 1. The average Bonchev–Trinajstić information content (AvgIpc) is 2.58. The molecule has 0 bridgehead atoms. The van der Waals surface area contributed by atoms with E-state index < -0.39 is 6.10 Å². The van der Waals surface area contributed by atoms with Crippen molar-refractivity contribution < 1.29 is 13.9 Å². The molecule has 0 atom stereocenters. The lowest BCUT2D eigenvalue weighted by molar-refractivity contribution is 0.220. The van der Waals surface area contributed by atoms with Gasteiger partial charge in [0.2, 0.25) is 0 Å². The van der Waals surface area contributed by atoms with Gasteiger partial charge in [-0.25, -0.2) is 8.78 Å². The topological polar surface area (TPSA) is 32.3 Å². The fourth-order valence-electron chi connectivity index (χ4n) is 2.28. The number of halogens is 2. The Balaban J connectivity index is 0.000000246. The van der Waals surface area contributed by atoms with E-state index in [4.69, 9.17) is 0 Å². The van der Waals surface area contributed by atoms with E-state index in [1.165, 1.54) is 80.9 Å². The summed E-state index contributed by atoms with van der Waals surface area (Å²) in [7, 11) is 0. The Morgan fingerprint density at radius 1 is 0.727 bits per heavy atom. The molecule has 1 fully saturated rings. The molecule has 0 saturated carbocycles. The summed E-state index contributed by atoms with van der Waals surface area (Å²) in [6, 6.07) is 11.1. The molecule has 1 aliphatic heterocycles. The molecule has 1 aliphatic rings. The highest BCUT2D eigenvalue weighted by atomic mass is 19.1. The van der Waals surface area contributed by atoms with E-state index in [1.54, 1.807) is 0 Å². The average molecular weight is 305 g/mol. The van der Waals surface area contributed by atoms with Crippen LogP contribution in [0.3, 0.4) is 0 Å². The number of hydrogen-bond acceptors (Lipinski definition) is 2. The monoisotopic (exact) mass is 305 g/mol. The summed E-state index contributed by atoms with van der Waals surface area (Å²) in [5, 5.41) is 13.2. The first-order valence-electron chi connectivity index (χ1n) is 7.56. The van der Waals surface area contributed by atoms with E-state index in [0.29, 0.717) is 11.1 Å². The van der Waals surface area contributed by atoms with Gasteiger partial charge in [0.1, 0.15) is 17.7 Å².